The highest BCUT2D eigenvalue weighted by Gasteiger charge is 2.16. The van der Waals surface area contributed by atoms with Gasteiger partial charge in [-0.1, -0.05) is 12.1 Å². The molecule has 0 radical (unpaired) electrons. The molecule has 0 atom stereocenters. The predicted molar refractivity (Wildman–Crippen MR) is 47.8 cm³/mol. The van der Waals surface area contributed by atoms with Gasteiger partial charge in [0.25, 0.3) is 7.41 Å². The van der Waals surface area contributed by atoms with Gasteiger partial charge in [0, 0.05) is 6.21 Å². The van der Waals surface area contributed by atoms with E-state index in [4.69, 9.17) is 5.11 Å². The van der Waals surface area contributed by atoms with E-state index in [1.54, 1.807) is 18.3 Å². The van der Waals surface area contributed by atoms with Crippen LogP contribution in [0.15, 0.2) is 23.1 Å². The van der Waals surface area contributed by atoms with Crippen LogP contribution >= 0.6 is 0 Å². The molecular weight excluding hydrogens is 153 g/mol. The van der Waals surface area contributed by atoms with Gasteiger partial charge >= 0.3 is 5.97 Å². The summed E-state index contributed by atoms with van der Waals surface area (Å²) in [7, 11) is 0.498. The first-order valence-corrected chi connectivity index (χ1v) is 3.64. The Balaban J connectivity index is 2.60. The Morgan fingerprint density at radius 3 is 3.08 bits per heavy atom. The number of rotatable bonds is 1. The van der Waals surface area contributed by atoms with Gasteiger partial charge in [-0.05, 0) is 17.1 Å². The molecule has 0 spiro atoms. The molecule has 0 aliphatic carbocycles. The fraction of sp³-hybridized carbons (Fsp3) is 0. The molecule has 2 rings (SSSR count). The normalized spacial score (nSPS) is 12.3. The average molecular weight is 159 g/mol. The standard InChI is InChI=1S/C8H6BNO2/c11-8(12)6-3-1-2-5-4-10-9-7(5)6/h1-4,9H,(H,11,12). The highest BCUT2D eigenvalue weighted by molar-refractivity contribution is 6.59. The Morgan fingerprint density at radius 2 is 2.33 bits per heavy atom. The molecular formula is C8H6BNO2. The van der Waals surface area contributed by atoms with E-state index in [2.05, 4.69) is 4.90 Å². The molecule has 0 fully saturated rings. The number of nitrogens with zero attached hydrogens (tertiary/aromatic N) is 1. The largest absolute Gasteiger partial charge is 0.478 e. The second kappa shape index (κ2) is 2.48. The topological polar surface area (TPSA) is 49.7 Å². The van der Waals surface area contributed by atoms with Gasteiger partial charge in [0.05, 0.1) is 5.56 Å². The second-order valence-electron chi connectivity index (χ2n) is 2.65. The summed E-state index contributed by atoms with van der Waals surface area (Å²) in [6.45, 7) is 0. The van der Waals surface area contributed by atoms with Crippen molar-refractivity contribution in [1.29, 1.82) is 0 Å². The van der Waals surface area contributed by atoms with E-state index in [0.717, 1.165) is 11.0 Å². The van der Waals surface area contributed by atoms with Gasteiger partial charge in [0.2, 0.25) is 0 Å². The second-order valence-corrected chi connectivity index (χ2v) is 2.65. The lowest BCUT2D eigenvalue weighted by Crippen LogP contribution is -2.21. The number of carbonyl (C=O) groups is 1. The minimum atomic E-state index is -0.877. The van der Waals surface area contributed by atoms with Crippen LogP contribution in [0, 0.1) is 0 Å². The maximum absolute atomic E-state index is 10.7. The Labute approximate surface area is 70.0 Å². The number of benzene rings is 1. The first-order chi connectivity index (χ1) is 5.79. The highest BCUT2D eigenvalue weighted by atomic mass is 16.4. The summed E-state index contributed by atoms with van der Waals surface area (Å²) in [5, 5.41) is 8.79. The van der Waals surface area contributed by atoms with Gasteiger partial charge in [-0.3, -0.25) is 0 Å². The summed E-state index contributed by atoms with van der Waals surface area (Å²) in [6, 6.07) is 5.22. The molecule has 4 heteroatoms. The zero-order valence-electron chi connectivity index (χ0n) is 6.32. The number of aromatic carboxylic acids is 1. The summed E-state index contributed by atoms with van der Waals surface area (Å²) in [5.74, 6) is -0.877. The number of hydrogen-bond donors (Lipinski definition) is 1. The minimum Gasteiger partial charge on any atom is -0.478 e. The third kappa shape index (κ3) is 0.924. The van der Waals surface area contributed by atoms with Crippen molar-refractivity contribution in [1.82, 2.24) is 0 Å². The van der Waals surface area contributed by atoms with Crippen molar-refractivity contribution in [2.75, 3.05) is 0 Å². The van der Waals surface area contributed by atoms with Crippen molar-refractivity contribution < 1.29 is 9.90 Å². The summed E-state index contributed by atoms with van der Waals surface area (Å²) in [4.78, 5) is 14.7. The Morgan fingerprint density at radius 1 is 1.50 bits per heavy atom. The number of carboxylic acids is 1. The summed E-state index contributed by atoms with van der Waals surface area (Å²) in [5.41, 5.74) is 2.12. The summed E-state index contributed by atoms with van der Waals surface area (Å²) in [6.07, 6.45) is 1.71. The van der Waals surface area contributed by atoms with E-state index in [-0.39, 0.29) is 0 Å². The van der Waals surface area contributed by atoms with E-state index in [9.17, 15) is 4.79 Å². The fourth-order valence-corrected chi connectivity index (χ4v) is 1.34. The maximum atomic E-state index is 10.7. The minimum absolute atomic E-state index is 0.366. The molecule has 0 amide bonds. The highest BCUT2D eigenvalue weighted by Crippen LogP contribution is 2.04. The smallest absolute Gasteiger partial charge is 0.335 e. The van der Waals surface area contributed by atoms with Gasteiger partial charge < -0.3 is 10.0 Å². The molecule has 1 N–H and O–H groups in total. The van der Waals surface area contributed by atoms with Crippen molar-refractivity contribution in [2.45, 2.75) is 0 Å². The van der Waals surface area contributed by atoms with Crippen molar-refractivity contribution in [3.63, 3.8) is 0 Å². The molecule has 3 nitrogen and oxygen atoms in total. The Bertz CT molecular complexity index is 373. The zero-order valence-corrected chi connectivity index (χ0v) is 6.32. The molecule has 12 heavy (non-hydrogen) atoms. The van der Waals surface area contributed by atoms with Gasteiger partial charge in [-0.25, -0.2) is 4.79 Å². The molecule has 1 aliphatic rings. The number of fused-ring (bicyclic) bond motifs is 1. The zero-order chi connectivity index (χ0) is 8.55. The lowest BCUT2D eigenvalue weighted by atomic mass is 9.80. The first kappa shape index (κ1) is 7.09. The first-order valence-electron chi connectivity index (χ1n) is 3.64. The molecule has 0 unspecified atom stereocenters. The van der Waals surface area contributed by atoms with Crippen molar-refractivity contribution in [3.8, 4) is 0 Å². The third-order valence-electron chi connectivity index (χ3n) is 1.92. The van der Waals surface area contributed by atoms with E-state index in [1.165, 1.54) is 0 Å². The summed E-state index contributed by atoms with van der Waals surface area (Å²) >= 11 is 0. The van der Waals surface area contributed by atoms with Crippen LogP contribution in [-0.2, 0) is 0 Å². The molecule has 0 saturated carbocycles. The van der Waals surface area contributed by atoms with Crippen LogP contribution in [0.4, 0.5) is 0 Å². The SMILES string of the molecule is O=C(O)c1cccc2c1BN=C2. The monoisotopic (exact) mass is 159 g/mol. The molecule has 0 bridgehead atoms. The van der Waals surface area contributed by atoms with Crippen molar-refractivity contribution in [3.05, 3.63) is 29.3 Å². The Kier molecular flexibility index (Phi) is 1.47. The quantitative estimate of drug-likeness (QED) is 0.576. The molecule has 0 aromatic heterocycles. The van der Waals surface area contributed by atoms with Crippen LogP contribution in [0.25, 0.3) is 0 Å². The summed E-state index contributed by atoms with van der Waals surface area (Å²) < 4.78 is 0. The van der Waals surface area contributed by atoms with Crippen LogP contribution in [0.5, 0.6) is 0 Å². The van der Waals surface area contributed by atoms with Crippen LogP contribution in [0.3, 0.4) is 0 Å². The fourth-order valence-electron chi connectivity index (χ4n) is 1.34. The van der Waals surface area contributed by atoms with Gasteiger partial charge in [-0.2, -0.15) is 0 Å². The molecule has 0 saturated heterocycles. The molecule has 1 aromatic rings. The van der Waals surface area contributed by atoms with Crippen LogP contribution < -0.4 is 5.46 Å². The molecule has 1 aromatic carbocycles. The Hall–Kier alpha value is -1.58. The maximum Gasteiger partial charge on any atom is 0.335 e. The lowest BCUT2D eigenvalue weighted by Gasteiger charge is -2.00. The van der Waals surface area contributed by atoms with Gasteiger partial charge in [0.1, 0.15) is 0 Å². The van der Waals surface area contributed by atoms with E-state index in [1.807, 2.05) is 6.07 Å². The van der Waals surface area contributed by atoms with E-state index >= 15 is 0 Å². The predicted octanol–water partition coefficient (Wildman–Crippen LogP) is -0.206. The van der Waals surface area contributed by atoms with Crippen LogP contribution in [0.1, 0.15) is 15.9 Å². The van der Waals surface area contributed by atoms with Crippen molar-refractivity contribution in [2.24, 2.45) is 4.90 Å². The molecule has 1 aliphatic heterocycles. The van der Waals surface area contributed by atoms with E-state index in [0.29, 0.717) is 13.0 Å². The van der Waals surface area contributed by atoms with Gasteiger partial charge in [0.15, 0.2) is 0 Å². The lowest BCUT2D eigenvalue weighted by molar-refractivity contribution is 0.0698. The number of carboxylic acid groups (broad SMARTS) is 1. The van der Waals surface area contributed by atoms with Crippen molar-refractivity contribution >= 4 is 25.1 Å². The third-order valence-corrected chi connectivity index (χ3v) is 1.92. The van der Waals surface area contributed by atoms with E-state index < -0.39 is 5.97 Å². The molecule has 58 valence electrons. The van der Waals surface area contributed by atoms with Crippen LogP contribution in [0.2, 0.25) is 0 Å². The number of hydrogen-bond acceptors (Lipinski definition) is 2. The van der Waals surface area contributed by atoms with Gasteiger partial charge in [-0.15, -0.1) is 0 Å². The molecule has 1 heterocycles. The average Bonchev–Trinajstić information content (AvgIpc) is 2.49. The van der Waals surface area contributed by atoms with Crippen LogP contribution in [-0.4, -0.2) is 24.7 Å².